The van der Waals surface area contributed by atoms with Gasteiger partial charge < -0.3 is 5.32 Å². The monoisotopic (exact) mass is 392 g/mol. The molecule has 1 N–H and O–H groups in total. The number of rotatable bonds is 6. The number of para-hydroxylation sites is 1. The molecule has 0 saturated heterocycles. The van der Waals surface area contributed by atoms with Gasteiger partial charge in [-0.2, -0.15) is 0 Å². The number of aromatic nitrogens is 3. The predicted molar refractivity (Wildman–Crippen MR) is 105 cm³/mol. The van der Waals surface area contributed by atoms with Crippen LogP contribution < -0.4 is 5.32 Å². The maximum atomic E-state index is 12.2. The largest absolute Gasteiger partial charge is 0.324 e. The summed E-state index contributed by atoms with van der Waals surface area (Å²) < 4.78 is 2.05. The lowest BCUT2D eigenvalue weighted by Crippen LogP contribution is -2.15. The second-order valence-electron chi connectivity index (χ2n) is 5.56. The topological polar surface area (TPSA) is 59.8 Å². The molecular formula is C17H17ClN4OS2. The maximum absolute atomic E-state index is 12.2. The summed E-state index contributed by atoms with van der Waals surface area (Å²) in [4.78, 5) is 13.3. The van der Waals surface area contributed by atoms with Crippen LogP contribution in [0.3, 0.4) is 0 Å². The molecule has 5 nitrogen and oxygen atoms in total. The van der Waals surface area contributed by atoms with Crippen LogP contribution in [0, 0.1) is 0 Å². The third-order valence-electron chi connectivity index (χ3n) is 3.40. The van der Waals surface area contributed by atoms with Crippen molar-refractivity contribution in [3.8, 4) is 10.7 Å². The van der Waals surface area contributed by atoms with Crippen LogP contribution >= 0.6 is 34.7 Å². The van der Waals surface area contributed by atoms with Gasteiger partial charge in [0.05, 0.1) is 21.3 Å². The van der Waals surface area contributed by atoms with E-state index in [9.17, 15) is 4.79 Å². The van der Waals surface area contributed by atoms with E-state index in [4.69, 9.17) is 11.6 Å². The van der Waals surface area contributed by atoms with Crippen molar-refractivity contribution in [3.05, 3.63) is 46.8 Å². The molecule has 130 valence electrons. The first kappa shape index (κ1) is 18.0. The Bertz CT molecular complexity index is 861. The summed E-state index contributed by atoms with van der Waals surface area (Å²) in [6, 6.07) is 11.4. The lowest BCUT2D eigenvalue weighted by molar-refractivity contribution is -0.113. The molecule has 1 aromatic carbocycles. The van der Waals surface area contributed by atoms with Crippen LogP contribution in [0.4, 0.5) is 5.69 Å². The number of thioether (sulfide) groups is 1. The molecular weight excluding hydrogens is 376 g/mol. The molecule has 2 aromatic heterocycles. The predicted octanol–water partition coefficient (Wildman–Crippen LogP) is 4.97. The van der Waals surface area contributed by atoms with Gasteiger partial charge in [0.15, 0.2) is 11.0 Å². The quantitative estimate of drug-likeness (QED) is 0.601. The second kappa shape index (κ2) is 8.03. The zero-order valence-electron chi connectivity index (χ0n) is 13.8. The van der Waals surface area contributed by atoms with E-state index in [1.165, 1.54) is 11.8 Å². The first-order chi connectivity index (χ1) is 12.1. The molecule has 3 aromatic rings. The summed E-state index contributed by atoms with van der Waals surface area (Å²) in [6.45, 7) is 4.16. The number of carbonyl (C=O) groups excluding carboxylic acids is 1. The van der Waals surface area contributed by atoms with Gasteiger partial charge >= 0.3 is 0 Å². The van der Waals surface area contributed by atoms with Crippen molar-refractivity contribution < 1.29 is 4.79 Å². The third kappa shape index (κ3) is 4.23. The van der Waals surface area contributed by atoms with Crippen LogP contribution in [0.15, 0.2) is 46.9 Å². The summed E-state index contributed by atoms with van der Waals surface area (Å²) in [5, 5.41) is 14.6. The molecule has 0 aliphatic carbocycles. The Balaban J connectivity index is 1.71. The molecule has 0 aliphatic heterocycles. The molecule has 0 fully saturated rings. The highest BCUT2D eigenvalue weighted by Crippen LogP contribution is 2.30. The molecule has 0 atom stereocenters. The molecule has 0 unspecified atom stereocenters. The number of carbonyl (C=O) groups is 1. The molecule has 0 radical (unpaired) electrons. The standard InChI is InChI=1S/C17H17ClN4OS2/c1-11(2)22-16(14-8-5-9-24-14)20-21-17(22)25-10-15(23)19-13-7-4-3-6-12(13)18/h3-9,11H,10H2,1-2H3,(H,19,23). The van der Waals surface area contributed by atoms with Crippen LogP contribution in [0.1, 0.15) is 19.9 Å². The fraction of sp³-hybridized carbons (Fsp3) is 0.235. The number of hydrogen-bond donors (Lipinski definition) is 1. The van der Waals surface area contributed by atoms with Crippen molar-refractivity contribution in [1.82, 2.24) is 14.8 Å². The molecule has 2 heterocycles. The van der Waals surface area contributed by atoms with Gasteiger partial charge in [0, 0.05) is 6.04 Å². The average Bonchev–Trinajstić information content (AvgIpc) is 3.24. The number of anilines is 1. The highest BCUT2D eigenvalue weighted by molar-refractivity contribution is 7.99. The summed E-state index contributed by atoms with van der Waals surface area (Å²) in [5.74, 6) is 0.939. The highest BCUT2D eigenvalue weighted by Gasteiger charge is 2.18. The first-order valence-electron chi connectivity index (χ1n) is 7.72. The van der Waals surface area contributed by atoms with Crippen molar-refractivity contribution in [2.45, 2.75) is 25.0 Å². The van der Waals surface area contributed by atoms with Gasteiger partial charge in [-0.05, 0) is 37.4 Å². The molecule has 0 aliphatic rings. The molecule has 0 spiro atoms. The summed E-state index contributed by atoms with van der Waals surface area (Å²) >= 11 is 9.05. The average molecular weight is 393 g/mol. The fourth-order valence-electron chi connectivity index (χ4n) is 2.29. The Morgan fingerprint density at radius 2 is 2.08 bits per heavy atom. The first-order valence-corrected chi connectivity index (χ1v) is 9.96. The van der Waals surface area contributed by atoms with Crippen molar-refractivity contribution in [2.75, 3.05) is 11.1 Å². The van der Waals surface area contributed by atoms with E-state index in [0.717, 1.165) is 15.9 Å². The minimum atomic E-state index is -0.130. The molecule has 8 heteroatoms. The van der Waals surface area contributed by atoms with Gasteiger partial charge in [-0.15, -0.1) is 21.5 Å². The smallest absolute Gasteiger partial charge is 0.234 e. The number of nitrogens with one attached hydrogen (secondary N) is 1. The maximum Gasteiger partial charge on any atom is 0.234 e. The van der Waals surface area contributed by atoms with Gasteiger partial charge in [0.25, 0.3) is 0 Å². The molecule has 25 heavy (non-hydrogen) atoms. The second-order valence-corrected chi connectivity index (χ2v) is 7.86. The minimum Gasteiger partial charge on any atom is -0.324 e. The molecule has 1 amide bonds. The van der Waals surface area contributed by atoms with Gasteiger partial charge in [0.1, 0.15) is 0 Å². The third-order valence-corrected chi connectivity index (χ3v) is 5.54. The van der Waals surface area contributed by atoms with Gasteiger partial charge in [-0.3, -0.25) is 9.36 Å². The number of amides is 1. The van der Waals surface area contributed by atoms with Crippen LogP contribution in [0.5, 0.6) is 0 Å². The van der Waals surface area contributed by atoms with Crippen molar-refractivity contribution in [1.29, 1.82) is 0 Å². The fourth-order valence-corrected chi connectivity index (χ4v) is 4.05. The summed E-state index contributed by atoms with van der Waals surface area (Å²) in [7, 11) is 0. The lowest BCUT2D eigenvalue weighted by Gasteiger charge is -2.13. The Morgan fingerprint density at radius 1 is 1.28 bits per heavy atom. The zero-order chi connectivity index (χ0) is 17.8. The van der Waals surface area contributed by atoms with Crippen molar-refractivity contribution >= 4 is 46.3 Å². The van der Waals surface area contributed by atoms with Crippen LogP contribution in [0.2, 0.25) is 5.02 Å². The van der Waals surface area contributed by atoms with E-state index in [1.54, 1.807) is 23.5 Å². The molecule has 0 saturated carbocycles. The lowest BCUT2D eigenvalue weighted by atomic mass is 10.3. The summed E-state index contributed by atoms with van der Waals surface area (Å²) in [5.41, 5.74) is 0.611. The van der Waals surface area contributed by atoms with E-state index in [1.807, 2.05) is 29.6 Å². The van der Waals surface area contributed by atoms with Crippen molar-refractivity contribution in [3.63, 3.8) is 0 Å². The van der Waals surface area contributed by atoms with E-state index in [-0.39, 0.29) is 17.7 Å². The number of halogens is 1. The van der Waals surface area contributed by atoms with E-state index < -0.39 is 0 Å². The van der Waals surface area contributed by atoms with E-state index in [0.29, 0.717) is 10.7 Å². The van der Waals surface area contributed by atoms with E-state index >= 15 is 0 Å². The molecule has 0 bridgehead atoms. The van der Waals surface area contributed by atoms with Crippen LogP contribution in [-0.4, -0.2) is 26.4 Å². The van der Waals surface area contributed by atoms with Gasteiger partial charge in [-0.25, -0.2) is 0 Å². The number of benzene rings is 1. The zero-order valence-corrected chi connectivity index (χ0v) is 16.2. The minimum absolute atomic E-state index is 0.130. The van der Waals surface area contributed by atoms with Gasteiger partial charge in [0.2, 0.25) is 5.91 Å². The number of hydrogen-bond acceptors (Lipinski definition) is 5. The Kier molecular flexibility index (Phi) is 5.78. The number of nitrogens with zero attached hydrogens (tertiary/aromatic N) is 3. The SMILES string of the molecule is CC(C)n1c(SCC(=O)Nc2ccccc2Cl)nnc1-c1cccs1. The Hall–Kier alpha value is -1.83. The Morgan fingerprint density at radius 3 is 2.76 bits per heavy atom. The highest BCUT2D eigenvalue weighted by atomic mass is 35.5. The Labute approximate surface area is 159 Å². The normalized spacial score (nSPS) is 11.0. The molecule has 3 rings (SSSR count). The van der Waals surface area contributed by atoms with Crippen molar-refractivity contribution in [2.24, 2.45) is 0 Å². The van der Waals surface area contributed by atoms with Crippen LogP contribution in [-0.2, 0) is 4.79 Å². The van der Waals surface area contributed by atoms with E-state index in [2.05, 4.69) is 33.9 Å². The number of thiophene rings is 1. The van der Waals surface area contributed by atoms with Gasteiger partial charge in [-0.1, -0.05) is 41.6 Å². The summed E-state index contributed by atoms with van der Waals surface area (Å²) in [6.07, 6.45) is 0. The van der Waals surface area contributed by atoms with Crippen LogP contribution in [0.25, 0.3) is 10.7 Å².